The van der Waals surface area contributed by atoms with Crippen molar-refractivity contribution in [3.63, 3.8) is 0 Å². The van der Waals surface area contributed by atoms with Gasteiger partial charge in [-0.05, 0) is 24.6 Å². The summed E-state index contributed by atoms with van der Waals surface area (Å²) in [5, 5.41) is 0. The molecule has 0 aliphatic carbocycles. The largest absolute Gasteiger partial charge is 0.484 e. The first-order valence-corrected chi connectivity index (χ1v) is 6.57. The third-order valence-corrected chi connectivity index (χ3v) is 2.90. The van der Waals surface area contributed by atoms with Crippen LogP contribution in [-0.2, 0) is 4.79 Å². The molecule has 0 saturated carbocycles. The van der Waals surface area contributed by atoms with E-state index < -0.39 is 47.3 Å². The molecule has 0 atom stereocenters. The van der Waals surface area contributed by atoms with E-state index >= 15 is 0 Å². The third-order valence-electron chi connectivity index (χ3n) is 2.90. The van der Waals surface area contributed by atoms with E-state index in [2.05, 4.69) is 0 Å². The Morgan fingerprint density at radius 2 is 1.58 bits per heavy atom. The van der Waals surface area contributed by atoms with Gasteiger partial charge in [-0.3, -0.25) is 15.6 Å². The van der Waals surface area contributed by atoms with Gasteiger partial charge >= 0.3 is 0 Å². The molecule has 1 amide bonds. The molecule has 0 aromatic heterocycles. The second-order valence-electron chi connectivity index (χ2n) is 4.72. The number of ether oxygens (including phenoxy) is 1. The minimum Gasteiger partial charge on any atom is -0.484 e. The monoisotopic (exact) mass is 346 g/mol. The molecule has 24 heavy (non-hydrogen) atoms. The predicted molar refractivity (Wildman–Crippen MR) is 74.7 cm³/mol. The van der Waals surface area contributed by atoms with Gasteiger partial charge in [-0.25, -0.2) is 22.0 Å². The maximum absolute atomic E-state index is 13.4. The first-order valence-electron chi connectivity index (χ1n) is 6.57. The van der Waals surface area contributed by atoms with Crippen molar-refractivity contribution in [1.82, 2.24) is 5.43 Å². The van der Waals surface area contributed by atoms with Crippen molar-refractivity contribution in [3.05, 3.63) is 58.9 Å². The molecule has 9 heteroatoms. The van der Waals surface area contributed by atoms with E-state index in [1.54, 1.807) is 42.0 Å². The van der Waals surface area contributed by atoms with Gasteiger partial charge in [0.15, 0.2) is 29.9 Å². The Bertz CT molecular complexity index is 754. The Hall–Kier alpha value is -2.84. The Balaban J connectivity index is 2.00. The van der Waals surface area contributed by atoms with Crippen LogP contribution < -0.4 is 15.6 Å². The summed E-state index contributed by atoms with van der Waals surface area (Å²) in [4.78, 5) is 11.5. The zero-order valence-electron chi connectivity index (χ0n) is 12.2. The van der Waals surface area contributed by atoms with E-state index in [9.17, 15) is 26.7 Å². The molecule has 0 bridgehead atoms. The van der Waals surface area contributed by atoms with Gasteiger partial charge in [-0.2, -0.15) is 0 Å². The van der Waals surface area contributed by atoms with Crippen LogP contribution in [0.25, 0.3) is 0 Å². The van der Waals surface area contributed by atoms with Gasteiger partial charge in [0.25, 0.3) is 5.91 Å². The SMILES string of the molecule is Cc1cccc(OCC(=O)NNc2c(F)c(F)c(F)c(F)c2F)c1. The van der Waals surface area contributed by atoms with E-state index in [4.69, 9.17) is 4.74 Å². The van der Waals surface area contributed by atoms with Gasteiger partial charge in [0, 0.05) is 0 Å². The molecule has 0 aliphatic rings. The van der Waals surface area contributed by atoms with Crippen molar-refractivity contribution < 1.29 is 31.5 Å². The maximum atomic E-state index is 13.4. The molecule has 2 N–H and O–H groups in total. The number of aryl methyl sites for hydroxylation is 1. The van der Waals surface area contributed by atoms with Crippen LogP contribution in [0.4, 0.5) is 27.6 Å². The Kier molecular flexibility index (Phi) is 5.22. The smallest absolute Gasteiger partial charge is 0.276 e. The van der Waals surface area contributed by atoms with E-state index in [1.165, 1.54) is 0 Å². The molecular weight excluding hydrogens is 335 g/mol. The molecule has 2 rings (SSSR count). The van der Waals surface area contributed by atoms with Crippen molar-refractivity contribution in [3.8, 4) is 5.75 Å². The van der Waals surface area contributed by atoms with Gasteiger partial charge < -0.3 is 4.74 Å². The maximum Gasteiger partial charge on any atom is 0.276 e. The number of carbonyl (C=O) groups excluding carboxylic acids is 1. The highest BCUT2D eigenvalue weighted by molar-refractivity contribution is 5.79. The first kappa shape index (κ1) is 17.5. The van der Waals surface area contributed by atoms with Gasteiger partial charge in [-0.15, -0.1) is 0 Å². The topological polar surface area (TPSA) is 50.4 Å². The molecule has 0 saturated heterocycles. The Morgan fingerprint density at radius 1 is 1.00 bits per heavy atom. The molecule has 0 spiro atoms. The number of benzene rings is 2. The first-order chi connectivity index (χ1) is 11.3. The number of anilines is 1. The van der Waals surface area contributed by atoms with Gasteiger partial charge in [0.2, 0.25) is 5.82 Å². The second-order valence-corrected chi connectivity index (χ2v) is 4.72. The molecule has 2 aromatic rings. The molecular formula is C15H11F5N2O2. The van der Waals surface area contributed by atoms with Crippen molar-refractivity contribution in [2.75, 3.05) is 12.0 Å². The van der Waals surface area contributed by atoms with E-state index in [0.717, 1.165) is 5.56 Å². The van der Waals surface area contributed by atoms with Gasteiger partial charge in [-0.1, -0.05) is 12.1 Å². The number of hydrogen-bond donors (Lipinski definition) is 2. The lowest BCUT2D eigenvalue weighted by Gasteiger charge is -2.12. The average molecular weight is 346 g/mol. The van der Waals surface area contributed by atoms with Crippen LogP contribution >= 0.6 is 0 Å². The summed E-state index contributed by atoms with van der Waals surface area (Å²) < 4.78 is 70.7. The lowest BCUT2D eigenvalue weighted by atomic mass is 10.2. The highest BCUT2D eigenvalue weighted by Gasteiger charge is 2.26. The van der Waals surface area contributed by atoms with Crippen molar-refractivity contribution in [2.45, 2.75) is 6.92 Å². The van der Waals surface area contributed by atoms with Gasteiger partial charge in [0.1, 0.15) is 11.4 Å². The molecule has 0 aliphatic heterocycles. The molecule has 0 radical (unpaired) electrons. The zero-order valence-corrected chi connectivity index (χ0v) is 12.2. The van der Waals surface area contributed by atoms with Crippen LogP contribution in [0.5, 0.6) is 5.75 Å². The normalized spacial score (nSPS) is 10.4. The summed E-state index contributed by atoms with van der Waals surface area (Å²) in [5.74, 6) is -11.2. The number of halogens is 5. The quantitative estimate of drug-likeness (QED) is 0.378. The van der Waals surface area contributed by atoms with Crippen LogP contribution in [0.2, 0.25) is 0 Å². The second kappa shape index (κ2) is 7.16. The fraction of sp³-hybridized carbons (Fsp3) is 0.133. The number of hydrazine groups is 1. The summed E-state index contributed by atoms with van der Waals surface area (Å²) in [6, 6.07) is 6.72. The van der Waals surface area contributed by atoms with Crippen molar-refractivity contribution in [1.29, 1.82) is 0 Å². The number of nitrogens with one attached hydrogen (secondary N) is 2. The number of amides is 1. The number of carbonyl (C=O) groups is 1. The van der Waals surface area contributed by atoms with Crippen LogP contribution in [-0.4, -0.2) is 12.5 Å². The number of hydrogen-bond acceptors (Lipinski definition) is 3. The molecule has 2 aromatic carbocycles. The van der Waals surface area contributed by atoms with E-state index in [-0.39, 0.29) is 0 Å². The van der Waals surface area contributed by atoms with E-state index in [1.807, 2.05) is 0 Å². The minimum atomic E-state index is -2.29. The third kappa shape index (κ3) is 3.73. The van der Waals surface area contributed by atoms with Gasteiger partial charge in [0.05, 0.1) is 0 Å². The van der Waals surface area contributed by atoms with E-state index in [0.29, 0.717) is 5.75 Å². The molecule has 0 fully saturated rings. The van der Waals surface area contributed by atoms with Crippen LogP contribution in [0.1, 0.15) is 5.56 Å². The minimum absolute atomic E-state index is 0.376. The average Bonchev–Trinajstić information content (AvgIpc) is 2.56. The molecule has 128 valence electrons. The highest BCUT2D eigenvalue weighted by atomic mass is 19.2. The number of rotatable bonds is 5. The standard InChI is InChI=1S/C15H11F5N2O2/c1-7-3-2-4-8(5-7)24-6-9(23)21-22-15-13(19)11(17)10(16)12(18)14(15)20/h2-5,22H,6H2,1H3,(H,21,23). The summed E-state index contributed by atoms with van der Waals surface area (Å²) in [6.07, 6.45) is 0. The predicted octanol–water partition coefficient (Wildman–Crippen LogP) is 3.21. The van der Waals surface area contributed by atoms with Crippen molar-refractivity contribution >= 4 is 11.6 Å². The van der Waals surface area contributed by atoms with Crippen LogP contribution in [0.3, 0.4) is 0 Å². The summed E-state index contributed by atoms with van der Waals surface area (Å²) in [5.41, 5.74) is 2.97. The molecule has 0 unspecified atom stereocenters. The van der Waals surface area contributed by atoms with Crippen LogP contribution in [0, 0.1) is 36.0 Å². The lowest BCUT2D eigenvalue weighted by molar-refractivity contribution is -0.122. The molecule has 0 heterocycles. The van der Waals surface area contributed by atoms with Crippen molar-refractivity contribution in [2.24, 2.45) is 0 Å². The summed E-state index contributed by atoms with van der Waals surface area (Å²) in [7, 11) is 0. The van der Waals surface area contributed by atoms with Crippen LogP contribution in [0.15, 0.2) is 24.3 Å². The fourth-order valence-electron chi connectivity index (χ4n) is 1.74. The highest BCUT2D eigenvalue weighted by Crippen LogP contribution is 2.26. The molecule has 4 nitrogen and oxygen atoms in total. The summed E-state index contributed by atoms with van der Waals surface area (Å²) in [6.45, 7) is 1.27. The zero-order chi connectivity index (χ0) is 17.9. The summed E-state index contributed by atoms with van der Waals surface area (Å²) >= 11 is 0. The fourth-order valence-corrected chi connectivity index (χ4v) is 1.74. The Labute approximate surface area is 133 Å². The Morgan fingerprint density at radius 3 is 2.17 bits per heavy atom. The lowest BCUT2D eigenvalue weighted by Crippen LogP contribution is -2.34.